The molecule has 0 saturated carbocycles. The van der Waals surface area contributed by atoms with Gasteiger partial charge in [-0.1, -0.05) is 15.9 Å². The van der Waals surface area contributed by atoms with E-state index in [1.807, 2.05) is 6.07 Å². The fraction of sp³-hybridized carbons (Fsp3) is 0.455. The molecule has 2 rings (SSSR count). The molecular weight excluding hydrogens is 274 g/mol. The number of halogens is 1. The molecule has 1 aliphatic heterocycles. The van der Waals surface area contributed by atoms with Crippen molar-refractivity contribution >= 4 is 15.9 Å². The molecule has 2 N–H and O–H groups in total. The summed E-state index contributed by atoms with van der Waals surface area (Å²) in [7, 11) is 1.53. The quantitative estimate of drug-likeness (QED) is 0.871. The number of methoxy groups -OCH3 is 1. The van der Waals surface area contributed by atoms with E-state index in [9.17, 15) is 5.11 Å². The third kappa shape index (κ3) is 2.31. The summed E-state index contributed by atoms with van der Waals surface area (Å²) in [6.45, 7) is 2.20. The van der Waals surface area contributed by atoms with Crippen molar-refractivity contribution in [3.05, 3.63) is 22.2 Å². The molecule has 1 aromatic rings. The molecule has 0 radical (unpaired) electrons. The van der Waals surface area contributed by atoms with Crippen LogP contribution in [0.2, 0.25) is 0 Å². The molecule has 0 bridgehead atoms. The van der Waals surface area contributed by atoms with Crippen molar-refractivity contribution in [2.75, 3.05) is 26.8 Å². The Morgan fingerprint density at radius 2 is 2.38 bits per heavy atom. The zero-order chi connectivity index (χ0) is 11.5. The van der Waals surface area contributed by atoms with Crippen molar-refractivity contribution in [3.8, 4) is 11.5 Å². The van der Waals surface area contributed by atoms with Crippen LogP contribution < -0.4 is 10.1 Å². The fourth-order valence-corrected chi connectivity index (χ4v) is 2.22. The van der Waals surface area contributed by atoms with Crippen LogP contribution in [-0.4, -0.2) is 31.9 Å². The molecule has 0 aliphatic carbocycles. The molecule has 1 heterocycles. The predicted octanol–water partition coefficient (Wildman–Crippen LogP) is 1.82. The van der Waals surface area contributed by atoms with Gasteiger partial charge in [0.2, 0.25) is 0 Å². The zero-order valence-electron chi connectivity index (χ0n) is 9.00. The third-order valence-electron chi connectivity index (χ3n) is 2.56. The minimum absolute atomic E-state index is 0.125. The van der Waals surface area contributed by atoms with Gasteiger partial charge in [0.05, 0.1) is 19.8 Å². The van der Waals surface area contributed by atoms with E-state index in [1.165, 1.54) is 7.11 Å². The van der Waals surface area contributed by atoms with Crippen LogP contribution in [0.1, 0.15) is 11.7 Å². The number of phenolic OH excluding ortho intramolecular Hbond substituents is 1. The van der Waals surface area contributed by atoms with Crippen LogP contribution >= 0.6 is 15.9 Å². The SMILES string of the molecule is COc1cc(Br)cc(C2CNCCO2)c1O. The second-order valence-electron chi connectivity index (χ2n) is 3.61. The molecule has 1 saturated heterocycles. The number of hydrogen-bond acceptors (Lipinski definition) is 4. The molecule has 0 spiro atoms. The Balaban J connectivity index is 2.34. The third-order valence-corrected chi connectivity index (χ3v) is 3.02. The number of phenols is 1. The maximum Gasteiger partial charge on any atom is 0.163 e. The van der Waals surface area contributed by atoms with Gasteiger partial charge >= 0.3 is 0 Å². The van der Waals surface area contributed by atoms with Gasteiger partial charge in [0, 0.05) is 23.1 Å². The second-order valence-corrected chi connectivity index (χ2v) is 4.53. The van der Waals surface area contributed by atoms with Crippen LogP contribution in [-0.2, 0) is 4.74 Å². The van der Waals surface area contributed by atoms with Gasteiger partial charge in [0.25, 0.3) is 0 Å². The predicted molar refractivity (Wildman–Crippen MR) is 63.9 cm³/mol. The van der Waals surface area contributed by atoms with Crippen molar-refractivity contribution in [1.29, 1.82) is 0 Å². The molecule has 16 heavy (non-hydrogen) atoms. The lowest BCUT2D eigenvalue weighted by Crippen LogP contribution is -2.33. The van der Waals surface area contributed by atoms with Crippen LogP contribution in [0.15, 0.2) is 16.6 Å². The largest absolute Gasteiger partial charge is 0.504 e. The van der Waals surface area contributed by atoms with Crippen molar-refractivity contribution in [1.82, 2.24) is 5.32 Å². The van der Waals surface area contributed by atoms with Crippen LogP contribution in [0, 0.1) is 0 Å². The van der Waals surface area contributed by atoms with Gasteiger partial charge in [-0.25, -0.2) is 0 Å². The number of nitrogens with one attached hydrogen (secondary N) is 1. The van der Waals surface area contributed by atoms with Crippen molar-refractivity contribution in [2.45, 2.75) is 6.10 Å². The van der Waals surface area contributed by atoms with Gasteiger partial charge in [-0.15, -0.1) is 0 Å². The molecule has 5 heteroatoms. The molecule has 1 fully saturated rings. The minimum atomic E-state index is -0.125. The molecule has 1 aliphatic rings. The Hall–Kier alpha value is -0.780. The summed E-state index contributed by atoms with van der Waals surface area (Å²) < 4.78 is 11.6. The van der Waals surface area contributed by atoms with Gasteiger partial charge in [-0.2, -0.15) is 0 Å². The van der Waals surface area contributed by atoms with E-state index >= 15 is 0 Å². The normalized spacial score (nSPS) is 20.8. The number of benzene rings is 1. The van der Waals surface area contributed by atoms with E-state index in [-0.39, 0.29) is 11.9 Å². The van der Waals surface area contributed by atoms with Gasteiger partial charge < -0.3 is 19.9 Å². The Labute approximate surface area is 103 Å². The topological polar surface area (TPSA) is 50.7 Å². The Morgan fingerprint density at radius 1 is 1.56 bits per heavy atom. The van der Waals surface area contributed by atoms with E-state index < -0.39 is 0 Å². The zero-order valence-corrected chi connectivity index (χ0v) is 10.6. The van der Waals surface area contributed by atoms with Gasteiger partial charge in [0.1, 0.15) is 0 Å². The molecule has 0 amide bonds. The van der Waals surface area contributed by atoms with Gasteiger partial charge in [-0.05, 0) is 12.1 Å². The van der Waals surface area contributed by atoms with Crippen LogP contribution in [0.4, 0.5) is 0 Å². The van der Waals surface area contributed by atoms with Crippen molar-refractivity contribution in [3.63, 3.8) is 0 Å². The molecule has 88 valence electrons. The first-order chi connectivity index (χ1) is 7.72. The first-order valence-corrected chi connectivity index (χ1v) is 5.90. The lowest BCUT2D eigenvalue weighted by atomic mass is 10.1. The highest BCUT2D eigenvalue weighted by Gasteiger charge is 2.21. The van der Waals surface area contributed by atoms with E-state index in [0.29, 0.717) is 18.9 Å². The molecule has 1 aromatic carbocycles. The summed E-state index contributed by atoms with van der Waals surface area (Å²) in [5.41, 5.74) is 0.749. The van der Waals surface area contributed by atoms with Gasteiger partial charge in [0.15, 0.2) is 11.5 Å². The molecular formula is C11H14BrNO3. The minimum Gasteiger partial charge on any atom is -0.504 e. The molecule has 0 aromatic heterocycles. The summed E-state index contributed by atoms with van der Waals surface area (Å²) in [6, 6.07) is 3.59. The molecule has 4 nitrogen and oxygen atoms in total. The Morgan fingerprint density at radius 3 is 3.00 bits per heavy atom. The lowest BCUT2D eigenvalue weighted by molar-refractivity contribution is 0.0261. The number of aromatic hydroxyl groups is 1. The van der Waals surface area contributed by atoms with E-state index in [2.05, 4.69) is 21.2 Å². The molecule has 1 atom stereocenters. The number of rotatable bonds is 2. The highest BCUT2D eigenvalue weighted by Crippen LogP contribution is 2.38. The average molecular weight is 288 g/mol. The van der Waals surface area contributed by atoms with Crippen molar-refractivity contribution < 1.29 is 14.6 Å². The van der Waals surface area contributed by atoms with Crippen LogP contribution in [0.5, 0.6) is 11.5 Å². The van der Waals surface area contributed by atoms with Crippen molar-refractivity contribution in [2.24, 2.45) is 0 Å². The van der Waals surface area contributed by atoms with E-state index in [1.54, 1.807) is 6.07 Å². The highest BCUT2D eigenvalue weighted by molar-refractivity contribution is 9.10. The maximum atomic E-state index is 10.0. The van der Waals surface area contributed by atoms with Gasteiger partial charge in [-0.3, -0.25) is 0 Å². The number of hydrogen-bond donors (Lipinski definition) is 2. The van der Waals surface area contributed by atoms with E-state index in [0.717, 1.165) is 16.6 Å². The average Bonchev–Trinajstić information content (AvgIpc) is 2.33. The standard InChI is InChI=1S/C11H14BrNO3/c1-15-9-5-7(12)4-8(11(9)14)10-6-13-2-3-16-10/h4-5,10,13-14H,2-3,6H2,1H3. The Bertz CT molecular complexity index is 378. The van der Waals surface area contributed by atoms with Crippen LogP contribution in [0.25, 0.3) is 0 Å². The molecule has 1 unspecified atom stereocenters. The highest BCUT2D eigenvalue weighted by atomic mass is 79.9. The first kappa shape index (κ1) is 11.7. The summed E-state index contributed by atoms with van der Waals surface area (Å²) in [4.78, 5) is 0. The maximum absolute atomic E-state index is 10.0. The summed E-state index contributed by atoms with van der Waals surface area (Å²) >= 11 is 3.39. The van der Waals surface area contributed by atoms with Crippen LogP contribution in [0.3, 0.4) is 0 Å². The summed E-state index contributed by atoms with van der Waals surface area (Å²) in [6.07, 6.45) is -0.125. The van der Waals surface area contributed by atoms with E-state index in [4.69, 9.17) is 9.47 Å². The number of ether oxygens (including phenoxy) is 2. The fourth-order valence-electron chi connectivity index (χ4n) is 1.76. The monoisotopic (exact) mass is 287 g/mol. The summed E-state index contributed by atoms with van der Waals surface area (Å²) in [5, 5.41) is 13.2. The number of morpholine rings is 1. The smallest absolute Gasteiger partial charge is 0.163 e. The Kier molecular flexibility index (Phi) is 3.68. The lowest BCUT2D eigenvalue weighted by Gasteiger charge is -2.25. The first-order valence-electron chi connectivity index (χ1n) is 5.11. The summed E-state index contributed by atoms with van der Waals surface area (Å²) in [5.74, 6) is 0.609. The second kappa shape index (κ2) is 5.03.